The Balaban J connectivity index is 1.36. The van der Waals surface area contributed by atoms with Gasteiger partial charge in [0.15, 0.2) is 0 Å². The van der Waals surface area contributed by atoms with E-state index in [0.717, 1.165) is 10.5 Å². The van der Waals surface area contributed by atoms with Gasteiger partial charge in [-0.2, -0.15) is 4.31 Å². The van der Waals surface area contributed by atoms with Gasteiger partial charge in [0.2, 0.25) is 21.8 Å². The molecular weight excluding hydrogens is 574 g/mol. The van der Waals surface area contributed by atoms with E-state index in [1.54, 1.807) is 61.5 Å². The molecule has 1 aliphatic carbocycles. The summed E-state index contributed by atoms with van der Waals surface area (Å²) < 4.78 is 39.8. The lowest BCUT2D eigenvalue weighted by atomic mass is 9.56. The van der Waals surface area contributed by atoms with Crippen molar-refractivity contribution in [2.45, 2.75) is 43.9 Å². The Bertz CT molecular complexity index is 1630. The van der Waals surface area contributed by atoms with Crippen LogP contribution in [0.25, 0.3) is 0 Å². The molecule has 1 saturated carbocycles. The molecule has 43 heavy (non-hydrogen) atoms. The number of nitrogens with one attached hydrogen (secondary N) is 1. The Morgan fingerprint density at radius 2 is 1.79 bits per heavy atom. The van der Waals surface area contributed by atoms with Crippen molar-refractivity contribution in [3.63, 3.8) is 0 Å². The van der Waals surface area contributed by atoms with Gasteiger partial charge < -0.3 is 19.6 Å². The number of aliphatic hydroxyl groups excluding tert-OH is 1. The SMILES string of the molecule is Cc1ccc(S(=O)(=O)N2C[C@@H](C)[C@]3(C2)[C@H](O)[C@H](OC(=O)NCc2ccco2)C[C@H]2C(=O)N(c4ccccc4)C(=O)[C@H]23)cc1. The van der Waals surface area contributed by atoms with Crippen LogP contribution in [-0.4, -0.2) is 61.0 Å². The molecule has 0 bridgehead atoms. The number of ether oxygens (including phenoxy) is 1. The molecule has 3 aliphatic rings. The van der Waals surface area contributed by atoms with Crippen LogP contribution in [0.5, 0.6) is 0 Å². The average Bonchev–Trinajstić information content (AvgIpc) is 3.69. The van der Waals surface area contributed by atoms with Crippen LogP contribution in [0.15, 0.2) is 82.3 Å². The Morgan fingerprint density at radius 1 is 1.07 bits per heavy atom. The second kappa shape index (κ2) is 10.9. The maximum atomic E-state index is 14.1. The number of carbonyl (C=O) groups is 3. The zero-order valence-corrected chi connectivity index (χ0v) is 24.6. The molecule has 3 heterocycles. The molecule has 6 atom stereocenters. The lowest BCUT2D eigenvalue weighted by Crippen LogP contribution is -2.61. The van der Waals surface area contributed by atoms with Crippen LogP contribution in [-0.2, 0) is 30.9 Å². The highest BCUT2D eigenvalue weighted by Gasteiger charge is 2.70. The molecule has 3 fully saturated rings. The van der Waals surface area contributed by atoms with Crippen molar-refractivity contribution in [3.8, 4) is 0 Å². The minimum atomic E-state index is -4.00. The summed E-state index contributed by atoms with van der Waals surface area (Å²) in [4.78, 5) is 42.0. The number of aryl methyl sites for hydroxylation is 1. The molecule has 6 rings (SSSR count). The minimum absolute atomic E-state index is 0.0146. The second-order valence-corrected chi connectivity index (χ2v) is 13.6. The Kier molecular flexibility index (Phi) is 7.39. The molecule has 12 heteroatoms. The molecule has 2 aromatic carbocycles. The fraction of sp³-hybridized carbons (Fsp3) is 0.387. The highest BCUT2D eigenvalue weighted by molar-refractivity contribution is 7.89. The summed E-state index contributed by atoms with van der Waals surface area (Å²) in [6.45, 7) is 3.47. The van der Waals surface area contributed by atoms with E-state index in [0.29, 0.717) is 11.4 Å². The Morgan fingerprint density at radius 3 is 2.47 bits per heavy atom. The van der Waals surface area contributed by atoms with E-state index >= 15 is 0 Å². The van der Waals surface area contributed by atoms with Crippen molar-refractivity contribution >= 4 is 33.6 Å². The largest absolute Gasteiger partial charge is 0.467 e. The zero-order valence-electron chi connectivity index (χ0n) is 23.8. The third-order valence-corrected chi connectivity index (χ3v) is 11.0. The molecule has 3 aromatic rings. The lowest BCUT2D eigenvalue weighted by Gasteiger charge is -2.49. The summed E-state index contributed by atoms with van der Waals surface area (Å²) in [6, 6.07) is 18.3. The third-order valence-electron chi connectivity index (χ3n) is 9.16. The summed E-state index contributed by atoms with van der Waals surface area (Å²) >= 11 is 0. The number of carbonyl (C=O) groups excluding carboxylic acids is 3. The van der Waals surface area contributed by atoms with Crippen LogP contribution in [0.3, 0.4) is 0 Å². The number of aliphatic hydroxyl groups is 1. The molecule has 0 radical (unpaired) electrons. The van der Waals surface area contributed by atoms with E-state index < -0.39 is 63.3 Å². The predicted molar refractivity (Wildman–Crippen MR) is 154 cm³/mol. The van der Waals surface area contributed by atoms with Crippen LogP contribution in [0.1, 0.15) is 24.7 Å². The van der Waals surface area contributed by atoms with Gasteiger partial charge in [-0.15, -0.1) is 0 Å². The van der Waals surface area contributed by atoms with Gasteiger partial charge in [0.1, 0.15) is 11.9 Å². The number of sulfonamides is 1. The maximum Gasteiger partial charge on any atom is 0.407 e. The van der Waals surface area contributed by atoms with E-state index in [2.05, 4.69) is 5.32 Å². The first-order chi connectivity index (χ1) is 20.5. The quantitative estimate of drug-likeness (QED) is 0.407. The maximum absolute atomic E-state index is 14.1. The number of benzene rings is 2. The number of para-hydroxylation sites is 1. The molecule has 2 saturated heterocycles. The number of hydrogen-bond donors (Lipinski definition) is 2. The standard InChI is InChI=1S/C31H33N3O8S/c1-19-10-12-23(13-11-19)43(39,40)33-17-20(2)31(18-33)26-24(28(36)34(29(26)37)21-7-4-3-5-8-21)15-25(27(31)35)42-30(38)32-16-22-9-6-14-41-22/h3-14,20,24-27,35H,15-18H2,1-2H3,(H,32,38)/t20-,24-,25-,26+,27-,31+/m1/s1. The molecular formula is C31H33N3O8S. The molecule has 226 valence electrons. The second-order valence-electron chi connectivity index (χ2n) is 11.6. The van der Waals surface area contributed by atoms with Crippen molar-refractivity contribution in [1.29, 1.82) is 0 Å². The van der Waals surface area contributed by atoms with Crippen molar-refractivity contribution in [1.82, 2.24) is 9.62 Å². The molecule has 2 N–H and O–H groups in total. The number of alkyl carbamates (subject to hydrolysis) is 1. The third kappa shape index (κ3) is 4.83. The van der Waals surface area contributed by atoms with E-state index in [4.69, 9.17) is 9.15 Å². The van der Waals surface area contributed by atoms with Gasteiger partial charge >= 0.3 is 6.09 Å². The van der Waals surface area contributed by atoms with Gasteiger partial charge in [-0.3, -0.25) is 14.5 Å². The van der Waals surface area contributed by atoms with Gasteiger partial charge in [0.05, 0.1) is 41.3 Å². The normalized spacial score (nSPS) is 29.2. The molecule has 11 nitrogen and oxygen atoms in total. The molecule has 2 aliphatic heterocycles. The number of anilines is 1. The fourth-order valence-electron chi connectivity index (χ4n) is 7.01. The van der Waals surface area contributed by atoms with Crippen LogP contribution < -0.4 is 10.2 Å². The van der Waals surface area contributed by atoms with E-state index in [1.165, 1.54) is 22.7 Å². The molecule has 0 unspecified atom stereocenters. The number of rotatable bonds is 6. The number of amides is 3. The highest BCUT2D eigenvalue weighted by Crippen LogP contribution is 2.58. The van der Waals surface area contributed by atoms with Gasteiger partial charge in [-0.1, -0.05) is 42.8 Å². The van der Waals surface area contributed by atoms with Crippen molar-refractivity contribution < 1.29 is 37.1 Å². The smallest absolute Gasteiger partial charge is 0.407 e. The van der Waals surface area contributed by atoms with Gasteiger partial charge in [-0.05, 0) is 55.7 Å². The van der Waals surface area contributed by atoms with Gasteiger partial charge in [0, 0.05) is 18.5 Å². The Labute approximate surface area is 249 Å². The van der Waals surface area contributed by atoms with Crippen LogP contribution in [0.2, 0.25) is 0 Å². The molecule has 1 spiro atoms. The number of furan rings is 1. The van der Waals surface area contributed by atoms with E-state index in [9.17, 15) is 27.9 Å². The summed E-state index contributed by atoms with van der Waals surface area (Å²) in [6.07, 6.45) is -2.05. The summed E-state index contributed by atoms with van der Waals surface area (Å²) in [5.41, 5.74) is -0.111. The highest BCUT2D eigenvalue weighted by atomic mass is 32.2. The molecule has 3 amide bonds. The summed E-state index contributed by atoms with van der Waals surface area (Å²) in [7, 11) is -4.00. The average molecular weight is 608 g/mol. The number of imide groups is 1. The summed E-state index contributed by atoms with van der Waals surface area (Å²) in [5.74, 6) is -2.97. The first kappa shape index (κ1) is 29.1. The Hall–Kier alpha value is -4.00. The number of fused-ring (bicyclic) bond motifs is 2. The predicted octanol–water partition coefficient (Wildman–Crippen LogP) is 3.08. The van der Waals surface area contributed by atoms with E-state index in [1.807, 2.05) is 6.92 Å². The number of nitrogens with zero attached hydrogens (tertiary/aromatic N) is 2. The van der Waals surface area contributed by atoms with Crippen molar-refractivity contribution in [2.75, 3.05) is 18.0 Å². The number of hydrogen-bond acceptors (Lipinski definition) is 8. The topological polar surface area (TPSA) is 146 Å². The summed E-state index contributed by atoms with van der Waals surface area (Å²) in [5, 5.41) is 14.5. The van der Waals surface area contributed by atoms with Crippen LogP contribution in [0.4, 0.5) is 10.5 Å². The monoisotopic (exact) mass is 607 g/mol. The minimum Gasteiger partial charge on any atom is -0.467 e. The van der Waals surface area contributed by atoms with Crippen LogP contribution in [0, 0.1) is 30.1 Å². The van der Waals surface area contributed by atoms with Crippen molar-refractivity contribution in [2.24, 2.45) is 23.2 Å². The molecule has 1 aromatic heterocycles. The van der Waals surface area contributed by atoms with Gasteiger partial charge in [0.25, 0.3) is 0 Å². The lowest BCUT2D eigenvalue weighted by molar-refractivity contribution is -0.163. The first-order valence-corrected chi connectivity index (χ1v) is 15.6. The van der Waals surface area contributed by atoms with E-state index in [-0.39, 0.29) is 31.0 Å². The van der Waals surface area contributed by atoms with Gasteiger partial charge in [-0.25, -0.2) is 13.2 Å². The zero-order chi connectivity index (χ0) is 30.5. The van der Waals surface area contributed by atoms with Crippen LogP contribution >= 0.6 is 0 Å². The fourth-order valence-corrected chi connectivity index (χ4v) is 8.60. The first-order valence-electron chi connectivity index (χ1n) is 14.2. The van der Waals surface area contributed by atoms with Crippen molar-refractivity contribution in [3.05, 3.63) is 84.3 Å².